The highest BCUT2D eigenvalue weighted by atomic mass is 16.5. The molecule has 1 aliphatic heterocycles. The van der Waals surface area contributed by atoms with E-state index in [0.29, 0.717) is 35.5 Å². The summed E-state index contributed by atoms with van der Waals surface area (Å²) < 4.78 is 15.7. The molecule has 4 aromatic rings. The molecule has 0 aliphatic carbocycles. The number of methoxy groups -OCH3 is 2. The third-order valence-electron chi connectivity index (χ3n) is 9.90. The maximum Gasteiger partial charge on any atom is 0.326 e. The maximum atomic E-state index is 12.2. The highest BCUT2D eigenvalue weighted by Gasteiger charge is 2.30. The van der Waals surface area contributed by atoms with E-state index >= 15 is 0 Å². The second-order valence-electron chi connectivity index (χ2n) is 15.6. The van der Waals surface area contributed by atoms with Gasteiger partial charge in [0.2, 0.25) is 11.8 Å². The Morgan fingerprint density at radius 3 is 2.18 bits per heavy atom. The summed E-state index contributed by atoms with van der Waals surface area (Å²) in [5, 5.41) is 15.1. The van der Waals surface area contributed by atoms with Gasteiger partial charge in [0, 0.05) is 29.1 Å². The van der Waals surface area contributed by atoms with Gasteiger partial charge >= 0.3 is 5.97 Å². The van der Waals surface area contributed by atoms with E-state index in [1.807, 2.05) is 72.6 Å². The zero-order valence-corrected chi connectivity index (χ0v) is 37.9. The van der Waals surface area contributed by atoms with Gasteiger partial charge in [0.15, 0.2) is 16.9 Å². The summed E-state index contributed by atoms with van der Waals surface area (Å²) >= 11 is 0. The molecule has 1 fully saturated rings. The number of H-pyrrole nitrogens is 1. The average molecular weight is 856 g/mol. The third kappa shape index (κ3) is 19.5. The first kappa shape index (κ1) is 53.9. The zero-order chi connectivity index (χ0) is 46.7. The Bertz CT molecular complexity index is 2030. The van der Waals surface area contributed by atoms with Crippen molar-refractivity contribution in [3.63, 3.8) is 0 Å². The van der Waals surface area contributed by atoms with Crippen LogP contribution in [0.25, 0.3) is 22.2 Å². The fourth-order valence-electron chi connectivity index (χ4n) is 5.68. The molecule has 6 N–H and O–H groups in total. The van der Waals surface area contributed by atoms with Crippen molar-refractivity contribution in [3.8, 4) is 41.4 Å². The van der Waals surface area contributed by atoms with Crippen LogP contribution in [0.2, 0.25) is 0 Å². The lowest BCUT2D eigenvalue weighted by Crippen LogP contribution is -2.52. The first-order valence-electron chi connectivity index (χ1n) is 20.8. The second-order valence-corrected chi connectivity index (χ2v) is 15.6. The predicted molar refractivity (Wildman–Crippen MR) is 251 cm³/mol. The number of nitrogens with two attached hydrogens (primary N) is 1. The Hall–Kier alpha value is -6.10. The molecule has 2 heterocycles. The van der Waals surface area contributed by atoms with Gasteiger partial charge in [-0.05, 0) is 61.7 Å². The number of terminal acetylenes is 1. The smallest absolute Gasteiger partial charge is 0.326 e. The van der Waals surface area contributed by atoms with Crippen molar-refractivity contribution in [1.29, 1.82) is 0 Å². The minimum Gasteiger partial charge on any atom is -0.497 e. The number of carbonyl (C=O) groups excluding carboxylic acids is 2. The van der Waals surface area contributed by atoms with Crippen LogP contribution in [0.15, 0.2) is 96.3 Å². The molecule has 0 radical (unpaired) electrons. The number of amides is 2. The van der Waals surface area contributed by atoms with E-state index < -0.39 is 12.0 Å². The van der Waals surface area contributed by atoms with Crippen LogP contribution in [0.5, 0.6) is 17.2 Å². The Kier molecular flexibility index (Phi) is 25.4. The lowest BCUT2D eigenvalue weighted by atomic mass is 9.94. The van der Waals surface area contributed by atoms with Gasteiger partial charge in [-0.2, -0.15) is 0 Å². The number of ether oxygens (including phenoxy) is 3. The van der Waals surface area contributed by atoms with Gasteiger partial charge in [0.05, 0.1) is 38.9 Å². The number of carbonyl (C=O) groups is 3. The first-order valence-corrected chi connectivity index (χ1v) is 20.8. The quantitative estimate of drug-likeness (QED) is 0.0520. The molecule has 62 heavy (non-hydrogen) atoms. The number of pyridine rings is 1. The minimum absolute atomic E-state index is 0.00530. The van der Waals surface area contributed by atoms with Crippen molar-refractivity contribution >= 4 is 28.7 Å². The van der Waals surface area contributed by atoms with Gasteiger partial charge in [0.1, 0.15) is 18.4 Å². The topological polar surface area (TPSA) is 185 Å². The van der Waals surface area contributed by atoms with Gasteiger partial charge in [0.25, 0.3) is 0 Å². The highest BCUT2D eigenvalue weighted by molar-refractivity contribution is 5.87. The standard InChI is InChI=1S/C16H13NO2.C14H24N2O3.C11H16N2O3.C6H14.C2H2/c1-19-12-7-8-13-15(9-12)17-14(10-16(13)18)11-5-3-2-4-6-11;1-4-10(2)12(14(18)19)15-13(17)11-8-6-5-7-9-16(11)3;1-15-9-4-2-3-5-10(9)16-7-6-13-11(14)8-12;1-5-6(2,3)4;1-2/h2-10H,1H3,(H,17,18);4,10-12H,1,5-9H2,2-3H3,(H,15,17)(H,18,19);2-5H,6-8,12H2,1H3,(H,13,14);5H2,1-4H3;1-2H. The van der Waals surface area contributed by atoms with Gasteiger partial charge < -0.3 is 40.7 Å². The number of likely N-dealkylation sites (tertiary alicyclic amines) is 1. The Labute approximate surface area is 368 Å². The molecule has 5 rings (SSSR count). The van der Waals surface area contributed by atoms with Crippen molar-refractivity contribution in [3.05, 3.63) is 102 Å². The van der Waals surface area contributed by atoms with Crippen molar-refractivity contribution < 1.29 is 33.7 Å². The largest absolute Gasteiger partial charge is 0.497 e. The van der Waals surface area contributed by atoms with Crippen LogP contribution in [0.4, 0.5) is 0 Å². The van der Waals surface area contributed by atoms with E-state index in [-0.39, 0.29) is 35.7 Å². The predicted octanol–water partition coefficient (Wildman–Crippen LogP) is 7.30. The van der Waals surface area contributed by atoms with Crippen molar-refractivity contribution in [2.75, 3.05) is 47.5 Å². The molecule has 338 valence electrons. The number of aliphatic carboxylic acids is 1. The number of fused-ring (bicyclic) bond motifs is 1. The molecule has 13 heteroatoms. The number of rotatable bonds is 13. The van der Waals surface area contributed by atoms with E-state index in [1.54, 1.807) is 45.4 Å². The molecule has 1 aromatic heterocycles. The fourth-order valence-corrected chi connectivity index (χ4v) is 5.68. The van der Waals surface area contributed by atoms with Crippen molar-refractivity contribution in [2.24, 2.45) is 17.1 Å². The van der Waals surface area contributed by atoms with Crippen LogP contribution >= 0.6 is 0 Å². The molecule has 13 nitrogen and oxygen atoms in total. The van der Waals surface area contributed by atoms with E-state index in [1.165, 1.54) is 6.42 Å². The summed E-state index contributed by atoms with van der Waals surface area (Å²) in [5.74, 6) is 0.372. The van der Waals surface area contributed by atoms with E-state index in [0.717, 1.165) is 54.8 Å². The molecule has 1 saturated heterocycles. The van der Waals surface area contributed by atoms with Crippen LogP contribution in [0, 0.1) is 24.2 Å². The van der Waals surface area contributed by atoms with Crippen molar-refractivity contribution in [2.45, 2.75) is 78.8 Å². The molecule has 2 amide bonds. The van der Waals surface area contributed by atoms with Crippen LogP contribution in [0.1, 0.15) is 66.7 Å². The molecule has 1 aliphatic rings. The number of aromatic nitrogens is 1. The number of likely N-dealkylation sites (N-methyl/N-ethyl adjacent to an activating group) is 1. The molecule has 3 unspecified atom stereocenters. The number of nitrogens with one attached hydrogen (secondary N) is 3. The summed E-state index contributed by atoms with van der Waals surface area (Å²) in [6, 6.07) is 23.0. The summed E-state index contributed by atoms with van der Waals surface area (Å²) in [6.45, 7) is 15.9. The van der Waals surface area contributed by atoms with Gasteiger partial charge in [-0.3, -0.25) is 19.3 Å². The van der Waals surface area contributed by atoms with Crippen LogP contribution in [0.3, 0.4) is 0 Å². The summed E-state index contributed by atoms with van der Waals surface area (Å²) in [6.07, 6.45) is 14.8. The zero-order valence-electron chi connectivity index (χ0n) is 37.9. The number of aromatic amines is 1. The monoisotopic (exact) mass is 856 g/mol. The Morgan fingerprint density at radius 1 is 0.984 bits per heavy atom. The van der Waals surface area contributed by atoms with Crippen LogP contribution < -0.4 is 36.0 Å². The summed E-state index contributed by atoms with van der Waals surface area (Å²) in [5.41, 5.74) is 8.27. The molecule has 0 saturated carbocycles. The molecular weight excluding hydrogens is 787 g/mol. The number of hydrogen-bond acceptors (Lipinski definition) is 9. The molecule has 3 atom stereocenters. The second kappa shape index (κ2) is 29.2. The maximum absolute atomic E-state index is 12.2. The number of hydrogen-bond donors (Lipinski definition) is 5. The van der Waals surface area contributed by atoms with Gasteiger partial charge in [-0.1, -0.05) is 102 Å². The fraction of sp³-hybridized carbons (Fsp3) is 0.429. The molecule has 0 bridgehead atoms. The summed E-state index contributed by atoms with van der Waals surface area (Å²) in [4.78, 5) is 51.7. The number of carboxylic acid groups (broad SMARTS) is 1. The molecule has 0 spiro atoms. The van der Waals surface area contributed by atoms with E-state index in [4.69, 9.17) is 25.1 Å². The lowest BCUT2D eigenvalue weighted by molar-refractivity contribution is -0.143. The SMILES string of the molecule is C#C.C=CC(C)C(NC(=O)C1CCCCCN1C)C(=O)O.CCC(C)(C)C.COc1ccc2c(=O)cc(-c3ccccc3)[nH]c2c1.COc1ccccc1OCCNC(=O)CN. The van der Waals surface area contributed by atoms with E-state index in [9.17, 15) is 19.2 Å². The molecular formula is C49H69N5O8. The Balaban J connectivity index is 0.000000429. The van der Waals surface area contributed by atoms with Crippen LogP contribution in [-0.4, -0.2) is 92.4 Å². The third-order valence-corrected chi connectivity index (χ3v) is 9.90. The van der Waals surface area contributed by atoms with Crippen LogP contribution in [-0.2, 0) is 14.4 Å². The lowest BCUT2D eigenvalue weighted by Gasteiger charge is -2.27. The van der Waals surface area contributed by atoms with E-state index in [2.05, 4.69) is 62.7 Å². The van der Waals surface area contributed by atoms with Crippen molar-refractivity contribution in [1.82, 2.24) is 20.5 Å². The number of para-hydroxylation sites is 2. The van der Waals surface area contributed by atoms with Gasteiger partial charge in [-0.25, -0.2) is 4.79 Å². The Morgan fingerprint density at radius 2 is 1.61 bits per heavy atom. The summed E-state index contributed by atoms with van der Waals surface area (Å²) in [7, 11) is 5.11. The highest BCUT2D eigenvalue weighted by Crippen LogP contribution is 2.25. The number of nitrogens with zero attached hydrogens (tertiary/aromatic N) is 1. The normalized spacial score (nSPS) is 14.3. The minimum atomic E-state index is -1.02. The van der Waals surface area contributed by atoms with Gasteiger partial charge in [-0.15, -0.1) is 19.4 Å². The number of benzene rings is 3. The molecule has 3 aromatic carbocycles. The number of carboxylic acids is 1. The first-order chi connectivity index (χ1) is 29.6. The average Bonchev–Trinajstić information content (AvgIpc) is 3.51.